The van der Waals surface area contributed by atoms with E-state index in [9.17, 15) is 18.8 Å². The second kappa shape index (κ2) is 11.9. The molecule has 10 heteroatoms. The summed E-state index contributed by atoms with van der Waals surface area (Å²) >= 11 is 0. The zero-order valence-electron chi connectivity index (χ0n) is 20.8. The molecule has 0 saturated carbocycles. The predicted molar refractivity (Wildman–Crippen MR) is 134 cm³/mol. The zero-order valence-corrected chi connectivity index (χ0v) is 20.8. The second-order valence-corrected chi connectivity index (χ2v) is 9.57. The normalized spacial score (nSPS) is 14.7. The van der Waals surface area contributed by atoms with E-state index in [1.165, 1.54) is 6.07 Å². The number of ether oxygens (including phenoxy) is 2. The molecular formula is C26H33FN4O5. The van der Waals surface area contributed by atoms with E-state index < -0.39 is 29.3 Å². The fourth-order valence-electron chi connectivity index (χ4n) is 3.60. The van der Waals surface area contributed by atoms with Crippen molar-refractivity contribution in [2.24, 2.45) is 5.73 Å². The van der Waals surface area contributed by atoms with E-state index in [4.69, 9.17) is 15.2 Å². The molecule has 0 spiro atoms. The van der Waals surface area contributed by atoms with Gasteiger partial charge in [-0.05, 0) is 44.5 Å². The first-order valence-corrected chi connectivity index (χ1v) is 11.8. The molecule has 1 unspecified atom stereocenters. The zero-order chi connectivity index (χ0) is 26.3. The molecule has 0 radical (unpaired) electrons. The third-order valence-corrected chi connectivity index (χ3v) is 5.45. The number of esters is 1. The Morgan fingerprint density at radius 1 is 1.06 bits per heavy atom. The van der Waals surface area contributed by atoms with E-state index >= 15 is 0 Å². The topological polar surface area (TPSA) is 114 Å². The van der Waals surface area contributed by atoms with Crippen LogP contribution in [0.3, 0.4) is 0 Å². The largest absolute Gasteiger partial charge is 0.461 e. The highest BCUT2D eigenvalue weighted by Crippen LogP contribution is 2.25. The Bertz CT molecular complexity index is 1070. The van der Waals surface area contributed by atoms with Gasteiger partial charge in [0.2, 0.25) is 5.91 Å². The molecule has 1 fully saturated rings. The summed E-state index contributed by atoms with van der Waals surface area (Å²) in [7, 11) is 0. The van der Waals surface area contributed by atoms with Gasteiger partial charge in [-0.2, -0.15) is 0 Å². The monoisotopic (exact) mass is 500 g/mol. The Labute approximate surface area is 210 Å². The third-order valence-electron chi connectivity index (χ3n) is 5.45. The summed E-state index contributed by atoms with van der Waals surface area (Å²) in [5, 5.41) is 2.54. The van der Waals surface area contributed by atoms with Crippen LogP contribution in [0.5, 0.6) is 0 Å². The summed E-state index contributed by atoms with van der Waals surface area (Å²) in [6, 6.07) is 12.3. The van der Waals surface area contributed by atoms with Crippen LogP contribution in [0.25, 0.3) is 0 Å². The number of rotatable bonds is 7. The van der Waals surface area contributed by atoms with Gasteiger partial charge < -0.3 is 30.3 Å². The third kappa shape index (κ3) is 7.94. The fraction of sp³-hybridized carbons (Fsp3) is 0.423. The Hall–Kier alpha value is -3.66. The second-order valence-electron chi connectivity index (χ2n) is 9.57. The highest BCUT2D eigenvalue weighted by Gasteiger charge is 2.27. The molecule has 1 aliphatic rings. The van der Waals surface area contributed by atoms with Crippen molar-refractivity contribution in [2.45, 2.75) is 45.4 Å². The SMILES string of the molecule is CC(C)(C)OC(=O)N1CCN(c2ccc(NC(=O)C(N)CC(=O)OCc3ccccc3)cc2F)CC1. The van der Waals surface area contributed by atoms with Gasteiger partial charge in [-0.25, -0.2) is 9.18 Å². The van der Waals surface area contributed by atoms with Crippen LogP contribution in [-0.2, 0) is 25.7 Å². The van der Waals surface area contributed by atoms with Gasteiger partial charge in [0.15, 0.2) is 0 Å². The average molecular weight is 501 g/mol. The Kier molecular flexibility index (Phi) is 8.87. The molecule has 9 nitrogen and oxygen atoms in total. The highest BCUT2D eigenvalue weighted by molar-refractivity contribution is 5.97. The highest BCUT2D eigenvalue weighted by atomic mass is 19.1. The molecular weight excluding hydrogens is 467 g/mol. The van der Waals surface area contributed by atoms with Crippen molar-refractivity contribution >= 4 is 29.3 Å². The summed E-state index contributed by atoms with van der Waals surface area (Å²) in [6.07, 6.45) is -0.692. The molecule has 1 atom stereocenters. The van der Waals surface area contributed by atoms with Gasteiger partial charge in [0.1, 0.15) is 18.0 Å². The molecule has 0 aliphatic carbocycles. The standard InChI is InChI=1S/C26H33FN4O5/c1-26(2,3)36-25(34)31-13-11-30(12-14-31)22-10-9-19(15-20(22)27)29-24(33)21(28)16-23(32)35-17-18-7-5-4-6-8-18/h4-10,15,21H,11-14,16-17,28H2,1-3H3,(H,29,33). The van der Waals surface area contributed by atoms with Crippen molar-refractivity contribution in [3.8, 4) is 0 Å². The predicted octanol–water partition coefficient (Wildman–Crippen LogP) is 3.28. The Morgan fingerprint density at radius 2 is 1.72 bits per heavy atom. The van der Waals surface area contributed by atoms with E-state index in [1.807, 2.05) is 35.2 Å². The number of halogens is 1. The summed E-state index contributed by atoms with van der Waals surface area (Å²) < 4.78 is 25.4. The number of nitrogens with one attached hydrogen (secondary N) is 1. The molecule has 1 heterocycles. The molecule has 0 aromatic heterocycles. The van der Waals surface area contributed by atoms with Gasteiger partial charge in [-0.15, -0.1) is 0 Å². The molecule has 0 bridgehead atoms. The van der Waals surface area contributed by atoms with Crippen molar-refractivity contribution < 1.29 is 28.2 Å². The van der Waals surface area contributed by atoms with Crippen molar-refractivity contribution in [3.63, 3.8) is 0 Å². The minimum Gasteiger partial charge on any atom is -0.461 e. The summed E-state index contributed by atoms with van der Waals surface area (Å²) in [5.41, 5.74) is 6.68. The van der Waals surface area contributed by atoms with Crippen LogP contribution in [0.2, 0.25) is 0 Å². The number of nitrogens with two attached hydrogens (primary N) is 1. The average Bonchev–Trinajstić information content (AvgIpc) is 2.82. The summed E-state index contributed by atoms with van der Waals surface area (Å²) in [6.45, 7) is 7.21. The number of nitrogens with zero attached hydrogens (tertiary/aromatic N) is 2. The van der Waals surface area contributed by atoms with Gasteiger partial charge in [0.25, 0.3) is 0 Å². The fourth-order valence-corrected chi connectivity index (χ4v) is 3.60. The van der Waals surface area contributed by atoms with Crippen molar-refractivity contribution in [1.82, 2.24) is 4.90 Å². The maximum absolute atomic E-state index is 14.8. The van der Waals surface area contributed by atoms with Crippen LogP contribution in [-0.4, -0.2) is 60.7 Å². The first-order chi connectivity index (χ1) is 17.0. The number of hydrogen-bond donors (Lipinski definition) is 2. The van der Waals surface area contributed by atoms with Crippen LogP contribution in [0.15, 0.2) is 48.5 Å². The molecule has 36 heavy (non-hydrogen) atoms. The summed E-state index contributed by atoms with van der Waals surface area (Å²) in [4.78, 5) is 40.1. The van der Waals surface area contributed by atoms with Gasteiger partial charge in [-0.1, -0.05) is 30.3 Å². The number of benzene rings is 2. The van der Waals surface area contributed by atoms with Gasteiger partial charge in [0.05, 0.1) is 18.2 Å². The molecule has 1 aliphatic heterocycles. The van der Waals surface area contributed by atoms with Crippen molar-refractivity contribution in [3.05, 3.63) is 59.9 Å². The molecule has 194 valence electrons. The first kappa shape index (κ1) is 26.9. The lowest BCUT2D eigenvalue weighted by molar-refractivity contribution is -0.146. The minimum absolute atomic E-state index is 0.0900. The molecule has 2 aromatic carbocycles. The van der Waals surface area contributed by atoms with Crippen molar-refractivity contribution in [1.29, 1.82) is 0 Å². The number of piperazine rings is 1. The van der Waals surface area contributed by atoms with Crippen LogP contribution in [0.1, 0.15) is 32.8 Å². The molecule has 3 N–H and O–H groups in total. The number of carbonyl (C=O) groups excluding carboxylic acids is 3. The van der Waals surface area contributed by atoms with Crippen LogP contribution < -0.4 is 16.0 Å². The van der Waals surface area contributed by atoms with E-state index in [1.54, 1.807) is 37.8 Å². The van der Waals surface area contributed by atoms with Crippen LogP contribution >= 0.6 is 0 Å². The molecule has 1 saturated heterocycles. The minimum atomic E-state index is -1.14. The van der Waals surface area contributed by atoms with Gasteiger partial charge >= 0.3 is 12.1 Å². The lowest BCUT2D eigenvalue weighted by Gasteiger charge is -2.36. The van der Waals surface area contributed by atoms with E-state index in [0.29, 0.717) is 31.9 Å². The number of carbonyl (C=O) groups is 3. The maximum atomic E-state index is 14.8. The molecule has 2 aromatic rings. The van der Waals surface area contributed by atoms with Crippen LogP contribution in [0.4, 0.5) is 20.6 Å². The number of amides is 2. The van der Waals surface area contributed by atoms with Gasteiger partial charge in [-0.3, -0.25) is 9.59 Å². The maximum Gasteiger partial charge on any atom is 0.410 e. The van der Waals surface area contributed by atoms with E-state index in [-0.39, 0.29) is 24.8 Å². The number of hydrogen-bond acceptors (Lipinski definition) is 7. The summed E-state index contributed by atoms with van der Waals surface area (Å²) in [5.74, 6) is -1.74. The van der Waals surface area contributed by atoms with E-state index in [0.717, 1.165) is 5.56 Å². The van der Waals surface area contributed by atoms with Crippen molar-refractivity contribution in [2.75, 3.05) is 36.4 Å². The lowest BCUT2D eigenvalue weighted by Crippen LogP contribution is -2.50. The lowest BCUT2D eigenvalue weighted by atomic mass is 10.2. The van der Waals surface area contributed by atoms with Gasteiger partial charge in [0, 0.05) is 31.9 Å². The number of anilines is 2. The van der Waals surface area contributed by atoms with E-state index in [2.05, 4.69) is 5.32 Å². The molecule has 3 rings (SSSR count). The Balaban J connectivity index is 1.48. The first-order valence-electron chi connectivity index (χ1n) is 11.8. The van der Waals surface area contributed by atoms with Crippen LogP contribution in [0, 0.1) is 5.82 Å². The molecule has 2 amide bonds. The quantitative estimate of drug-likeness (QED) is 0.561. The Morgan fingerprint density at radius 3 is 2.33 bits per heavy atom. The smallest absolute Gasteiger partial charge is 0.410 e.